The SMILES string of the molecule is COc1ccc(CCNC(=O)CSc2nnc(-c3ccc(Cl)cc3)n2C)cc1. The van der Waals surface area contributed by atoms with Crippen LogP contribution in [-0.2, 0) is 18.3 Å². The van der Waals surface area contributed by atoms with Gasteiger partial charge in [0, 0.05) is 24.2 Å². The molecule has 146 valence electrons. The molecule has 6 nitrogen and oxygen atoms in total. The zero-order chi connectivity index (χ0) is 19.9. The Balaban J connectivity index is 1.47. The normalized spacial score (nSPS) is 10.7. The lowest BCUT2D eigenvalue weighted by Gasteiger charge is -2.07. The molecule has 28 heavy (non-hydrogen) atoms. The molecule has 1 heterocycles. The van der Waals surface area contributed by atoms with Crippen LogP contribution in [0.15, 0.2) is 53.7 Å². The van der Waals surface area contributed by atoms with Gasteiger partial charge in [0.05, 0.1) is 12.9 Å². The summed E-state index contributed by atoms with van der Waals surface area (Å²) in [6.45, 7) is 0.584. The lowest BCUT2D eigenvalue weighted by molar-refractivity contribution is -0.118. The molecule has 0 unspecified atom stereocenters. The number of carbonyl (C=O) groups excluding carboxylic acids is 1. The number of aromatic nitrogens is 3. The summed E-state index contributed by atoms with van der Waals surface area (Å²) in [4.78, 5) is 12.1. The Bertz CT molecular complexity index is 926. The van der Waals surface area contributed by atoms with Gasteiger partial charge in [0.15, 0.2) is 11.0 Å². The maximum Gasteiger partial charge on any atom is 0.230 e. The van der Waals surface area contributed by atoms with E-state index in [1.807, 2.05) is 60.1 Å². The van der Waals surface area contributed by atoms with Crippen LogP contribution in [0.25, 0.3) is 11.4 Å². The predicted octanol–water partition coefficient (Wildman–Crippen LogP) is 3.60. The summed E-state index contributed by atoms with van der Waals surface area (Å²) in [5.74, 6) is 1.81. The quantitative estimate of drug-likeness (QED) is 0.568. The minimum Gasteiger partial charge on any atom is -0.497 e. The Labute approximate surface area is 173 Å². The Morgan fingerprint density at radius 2 is 1.86 bits per heavy atom. The molecule has 0 spiro atoms. The summed E-state index contributed by atoms with van der Waals surface area (Å²) in [5.41, 5.74) is 2.07. The van der Waals surface area contributed by atoms with E-state index in [1.54, 1.807) is 7.11 Å². The van der Waals surface area contributed by atoms with Gasteiger partial charge in [0.1, 0.15) is 5.75 Å². The molecule has 0 fully saturated rings. The Morgan fingerprint density at radius 1 is 1.14 bits per heavy atom. The average molecular weight is 417 g/mol. The zero-order valence-electron chi connectivity index (χ0n) is 15.7. The van der Waals surface area contributed by atoms with Gasteiger partial charge >= 0.3 is 0 Å². The standard InChI is InChI=1S/C20H21ClN4O2S/c1-25-19(15-5-7-16(21)8-6-15)23-24-20(25)28-13-18(26)22-12-11-14-3-9-17(27-2)10-4-14/h3-10H,11-13H2,1-2H3,(H,22,26). The minimum atomic E-state index is -0.0328. The van der Waals surface area contributed by atoms with Gasteiger partial charge in [-0.1, -0.05) is 35.5 Å². The molecule has 0 saturated heterocycles. The van der Waals surface area contributed by atoms with Gasteiger partial charge in [-0.25, -0.2) is 0 Å². The molecular weight excluding hydrogens is 396 g/mol. The Hall–Kier alpha value is -2.51. The number of thioether (sulfide) groups is 1. The fourth-order valence-corrected chi connectivity index (χ4v) is 3.48. The van der Waals surface area contributed by atoms with Gasteiger partial charge < -0.3 is 14.6 Å². The average Bonchev–Trinajstić information content (AvgIpc) is 3.08. The Kier molecular flexibility index (Phi) is 6.95. The second kappa shape index (κ2) is 9.61. The van der Waals surface area contributed by atoms with Gasteiger partial charge in [-0.2, -0.15) is 0 Å². The van der Waals surface area contributed by atoms with E-state index < -0.39 is 0 Å². The molecule has 0 aliphatic carbocycles. The molecule has 1 amide bonds. The first kappa shape index (κ1) is 20.2. The fourth-order valence-electron chi connectivity index (χ4n) is 2.61. The van der Waals surface area contributed by atoms with Gasteiger partial charge in [-0.05, 0) is 48.4 Å². The minimum absolute atomic E-state index is 0.0328. The highest BCUT2D eigenvalue weighted by molar-refractivity contribution is 7.99. The molecule has 0 saturated carbocycles. The van der Waals surface area contributed by atoms with Crippen LogP contribution in [-0.4, -0.2) is 40.1 Å². The fraction of sp³-hybridized carbons (Fsp3) is 0.250. The highest BCUT2D eigenvalue weighted by Crippen LogP contribution is 2.23. The van der Waals surface area contributed by atoms with Crippen LogP contribution >= 0.6 is 23.4 Å². The van der Waals surface area contributed by atoms with Crippen molar-refractivity contribution in [3.05, 3.63) is 59.1 Å². The van der Waals surface area contributed by atoms with E-state index in [0.29, 0.717) is 16.7 Å². The maximum atomic E-state index is 12.1. The van der Waals surface area contributed by atoms with E-state index in [-0.39, 0.29) is 11.7 Å². The molecule has 0 radical (unpaired) electrons. The van der Waals surface area contributed by atoms with Crippen molar-refractivity contribution in [1.29, 1.82) is 0 Å². The third-order valence-corrected chi connectivity index (χ3v) is 5.44. The van der Waals surface area contributed by atoms with Crippen LogP contribution in [0.4, 0.5) is 0 Å². The molecule has 0 aliphatic rings. The van der Waals surface area contributed by atoms with E-state index in [4.69, 9.17) is 16.3 Å². The smallest absolute Gasteiger partial charge is 0.230 e. The molecule has 0 atom stereocenters. The number of nitrogens with one attached hydrogen (secondary N) is 1. The monoisotopic (exact) mass is 416 g/mol. The second-order valence-corrected chi connectivity index (χ2v) is 7.49. The lowest BCUT2D eigenvalue weighted by atomic mass is 10.1. The van der Waals surface area contributed by atoms with Crippen LogP contribution in [0.1, 0.15) is 5.56 Å². The van der Waals surface area contributed by atoms with Crippen LogP contribution in [0.3, 0.4) is 0 Å². The highest BCUT2D eigenvalue weighted by Gasteiger charge is 2.12. The van der Waals surface area contributed by atoms with Crippen molar-refractivity contribution < 1.29 is 9.53 Å². The van der Waals surface area contributed by atoms with E-state index in [2.05, 4.69) is 15.5 Å². The first-order valence-corrected chi connectivity index (χ1v) is 10.1. The molecule has 0 bridgehead atoms. The number of hydrogen-bond donors (Lipinski definition) is 1. The van der Waals surface area contributed by atoms with E-state index in [0.717, 1.165) is 29.1 Å². The summed E-state index contributed by atoms with van der Waals surface area (Å²) < 4.78 is 7.01. The van der Waals surface area contributed by atoms with Crippen molar-refractivity contribution in [3.63, 3.8) is 0 Å². The number of hydrogen-bond acceptors (Lipinski definition) is 5. The van der Waals surface area contributed by atoms with Gasteiger partial charge in [0.2, 0.25) is 5.91 Å². The maximum absolute atomic E-state index is 12.1. The molecule has 8 heteroatoms. The summed E-state index contributed by atoms with van der Waals surface area (Å²) in [7, 11) is 3.52. The number of ether oxygens (including phenoxy) is 1. The number of halogens is 1. The largest absolute Gasteiger partial charge is 0.497 e. The lowest BCUT2D eigenvalue weighted by Crippen LogP contribution is -2.27. The van der Waals surface area contributed by atoms with E-state index in [9.17, 15) is 4.79 Å². The number of amides is 1. The van der Waals surface area contributed by atoms with Crippen molar-refractivity contribution in [3.8, 4) is 17.1 Å². The van der Waals surface area contributed by atoms with Crippen molar-refractivity contribution in [2.75, 3.05) is 19.4 Å². The van der Waals surface area contributed by atoms with Crippen molar-refractivity contribution in [2.24, 2.45) is 7.05 Å². The van der Waals surface area contributed by atoms with Crippen molar-refractivity contribution in [2.45, 2.75) is 11.6 Å². The van der Waals surface area contributed by atoms with Crippen molar-refractivity contribution in [1.82, 2.24) is 20.1 Å². The zero-order valence-corrected chi connectivity index (χ0v) is 17.3. The highest BCUT2D eigenvalue weighted by atomic mass is 35.5. The van der Waals surface area contributed by atoms with E-state index in [1.165, 1.54) is 11.8 Å². The second-order valence-electron chi connectivity index (χ2n) is 6.11. The molecular formula is C20H21ClN4O2S. The number of rotatable bonds is 8. The van der Waals surface area contributed by atoms with Crippen LogP contribution in [0.5, 0.6) is 5.75 Å². The number of nitrogens with zero attached hydrogens (tertiary/aromatic N) is 3. The van der Waals surface area contributed by atoms with E-state index >= 15 is 0 Å². The number of carbonyl (C=O) groups is 1. The first-order valence-electron chi connectivity index (χ1n) is 8.74. The Morgan fingerprint density at radius 3 is 2.54 bits per heavy atom. The topological polar surface area (TPSA) is 69.0 Å². The molecule has 2 aromatic carbocycles. The van der Waals surface area contributed by atoms with Gasteiger partial charge in [-0.15, -0.1) is 10.2 Å². The molecule has 3 aromatic rings. The van der Waals surface area contributed by atoms with Gasteiger partial charge in [0.25, 0.3) is 0 Å². The molecule has 0 aliphatic heterocycles. The summed E-state index contributed by atoms with van der Waals surface area (Å²) >= 11 is 7.29. The van der Waals surface area contributed by atoms with Crippen molar-refractivity contribution >= 4 is 29.3 Å². The molecule has 1 N–H and O–H groups in total. The van der Waals surface area contributed by atoms with Gasteiger partial charge in [-0.3, -0.25) is 4.79 Å². The number of methoxy groups -OCH3 is 1. The molecule has 1 aromatic heterocycles. The summed E-state index contributed by atoms with van der Waals surface area (Å²) in [6.07, 6.45) is 0.769. The third kappa shape index (κ3) is 5.27. The van der Waals surface area contributed by atoms with Crippen LogP contribution in [0, 0.1) is 0 Å². The first-order chi connectivity index (χ1) is 13.6. The number of benzene rings is 2. The van der Waals surface area contributed by atoms with Crippen LogP contribution in [0.2, 0.25) is 5.02 Å². The van der Waals surface area contributed by atoms with Crippen LogP contribution < -0.4 is 10.1 Å². The third-order valence-electron chi connectivity index (χ3n) is 4.16. The predicted molar refractivity (Wildman–Crippen MR) is 112 cm³/mol. The summed E-state index contributed by atoms with van der Waals surface area (Å²) in [6, 6.07) is 15.2. The molecule has 3 rings (SSSR count). The summed E-state index contributed by atoms with van der Waals surface area (Å²) in [5, 5.41) is 12.7.